The van der Waals surface area contributed by atoms with Crippen molar-refractivity contribution >= 4 is 5.97 Å². The molecule has 0 fully saturated rings. The smallest absolute Gasteiger partial charge is 0.303 e. The molecule has 2 aromatic rings. The zero-order valence-corrected chi connectivity index (χ0v) is 10.1. The first-order valence-electron chi connectivity index (χ1n) is 5.60. The third-order valence-corrected chi connectivity index (χ3v) is 2.45. The van der Waals surface area contributed by atoms with Crippen molar-refractivity contribution in [1.29, 1.82) is 0 Å². The van der Waals surface area contributed by atoms with E-state index in [0.717, 1.165) is 0 Å². The number of carbonyl (C=O) groups is 1. The lowest BCUT2D eigenvalue weighted by Gasteiger charge is -2.09. The van der Waals surface area contributed by atoms with Crippen LogP contribution in [0.2, 0.25) is 0 Å². The van der Waals surface area contributed by atoms with Gasteiger partial charge in [-0.2, -0.15) is 5.10 Å². The van der Waals surface area contributed by atoms with E-state index < -0.39 is 5.97 Å². The van der Waals surface area contributed by atoms with Gasteiger partial charge in [0.05, 0.1) is 0 Å². The summed E-state index contributed by atoms with van der Waals surface area (Å²) in [5.41, 5.74) is 0.106. The molecule has 100 valence electrons. The summed E-state index contributed by atoms with van der Waals surface area (Å²) < 4.78 is 1.47. The fourth-order valence-electron chi connectivity index (χ4n) is 1.64. The minimum atomic E-state index is -0.871. The molecule has 0 saturated carbocycles. The summed E-state index contributed by atoms with van der Waals surface area (Å²) in [5.74, 6) is -0.611. The average molecular weight is 264 g/mol. The van der Waals surface area contributed by atoms with Gasteiger partial charge in [0.2, 0.25) is 5.82 Å². The number of rotatable bonds is 5. The number of carboxylic acids is 1. The molecular weight excluding hydrogens is 252 g/mol. The molecule has 0 aliphatic carbocycles. The van der Waals surface area contributed by atoms with Gasteiger partial charge in [-0.05, 0) is 22.4 Å². The van der Waals surface area contributed by atoms with Crippen LogP contribution in [0.4, 0.5) is 0 Å². The molecule has 9 heteroatoms. The van der Waals surface area contributed by atoms with Crippen molar-refractivity contribution < 1.29 is 9.90 Å². The number of carboxylic acid groups (broad SMARTS) is 1. The van der Waals surface area contributed by atoms with Crippen LogP contribution in [0.25, 0.3) is 11.5 Å². The highest BCUT2D eigenvalue weighted by Gasteiger charge is 2.15. The van der Waals surface area contributed by atoms with Gasteiger partial charge in [0.25, 0.3) is 5.56 Å². The Kier molecular flexibility index (Phi) is 3.64. The Morgan fingerprint density at radius 3 is 2.95 bits per heavy atom. The first-order valence-corrected chi connectivity index (χ1v) is 5.60. The number of aromatic amines is 1. The second-order valence-electron chi connectivity index (χ2n) is 4.19. The molecule has 9 nitrogen and oxygen atoms in total. The maximum atomic E-state index is 10.9. The van der Waals surface area contributed by atoms with E-state index in [1.807, 2.05) is 0 Å². The van der Waals surface area contributed by atoms with Crippen LogP contribution in [-0.4, -0.2) is 41.5 Å². The molecule has 0 aliphatic rings. The molecule has 0 amide bonds. The maximum absolute atomic E-state index is 10.9. The number of tetrazole rings is 1. The lowest BCUT2D eigenvalue weighted by molar-refractivity contribution is -0.138. The first-order chi connectivity index (χ1) is 9.06. The van der Waals surface area contributed by atoms with Gasteiger partial charge < -0.3 is 5.11 Å². The molecule has 2 aromatic heterocycles. The van der Waals surface area contributed by atoms with Crippen molar-refractivity contribution in [2.45, 2.75) is 19.9 Å². The molecule has 2 heterocycles. The third-order valence-electron chi connectivity index (χ3n) is 2.45. The molecule has 1 atom stereocenters. The van der Waals surface area contributed by atoms with Crippen molar-refractivity contribution in [1.82, 2.24) is 30.4 Å². The minimum Gasteiger partial charge on any atom is -0.481 e. The molecule has 0 bridgehead atoms. The lowest BCUT2D eigenvalue weighted by atomic mass is 10.1. The third kappa shape index (κ3) is 3.21. The van der Waals surface area contributed by atoms with Crippen LogP contribution in [0, 0.1) is 5.92 Å². The Bertz CT molecular complexity index is 614. The van der Waals surface area contributed by atoms with Crippen LogP contribution in [0.1, 0.15) is 13.3 Å². The Balaban J connectivity index is 2.20. The van der Waals surface area contributed by atoms with E-state index in [4.69, 9.17) is 5.11 Å². The van der Waals surface area contributed by atoms with Crippen LogP contribution in [0.5, 0.6) is 0 Å². The summed E-state index contributed by atoms with van der Waals surface area (Å²) in [6.45, 7) is 2.15. The monoisotopic (exact) mass is 264 g/mol. The zero-order chi connectivity index (χ0) is 13.8. The van der Waals surface area contributed by atoms with Gasteiger partial charge >= 0.3 is 5.97 Å². The van der Waals surface area contributed by atoms with Crippen LogP contribution in [0.3, 0.4) is 0 Å². The topological polar surface area (TPSA) is 127 Å². The average Bonchev–Trinajstić information content (AvgIpc) is 2.77. The van der Waals surface area contributed by atoms with E-state index in [-0.39, 0.29) is 17.9 Å². The summed E-state index contributed by atoms with van der Waals surface area (Å²) in [4.78, 5) is 21.6. The highest BCUT2D eigenvalue weighted by Crippen LogP contribution is 2.13. The molecule has 19 heavy (non-hydrogen) atoms. The van der Waals surface area contributed by atoms with Gasteiger partial charge in [-0.15, -0.1) is 5.10 Å². The van der Waals surface area contributed by atoms with E-state index in [0.29, 0.717) is 18.1 Å². The van der Waals surface area contributed by atoms with Gasteiger partial charge in [-0.25, -0.2) is 9.78 Å². The van der Waals surface area contributed by atoms with Crippen LogP contribution < -0.4 is 5.56 Å². The summed E-state index contributed by atoms with van der Waals surface area (Å²) in [6, 6.07) is 2.82. The molecule has 0 aromatic carbocycles. The fourth-order valence-corrected chi connectivity index (χ4v) is 1.64. The van der Waals surface area contributed by atoms with Gasteiger partial charge in [0.1, 0.15) is 5.69 Å². The van der Waals surface area contributed by atoms with Crippen molar-refractivity contribution in [2.75, 3.05) is 0 Å². The number of aliphatic carboxylic acids is 1. The second-order valence-corrected chi connectivity index (χ2v) is 4.19. The summed E-state index contributed by atoms with van der Waals surface area (Å²) in [5, 5.41) is 26.0. The number of H-pyrrole nitrogens is 1. The molecule has 0 radical (unpaired) electrons. The summed E-state index contributed by atoms with van der Waals surface area (Å²) in [6.07, 6.45) is 0.0261. The van der Waals surface area contributed by atoms with E-state index >= 15 is 0 Å². The van der Waals surface area contributed by atoms with E-state index in [1.165, 1.54) is 16.8 Å². The van der Waals surface area contributed by atoms with E-state index in [9.17, 15) is 9.59 Å². The van der Waals surface area contributed by atoms with Gasteiger partial charge in [-0.3, -0.25) is 9.59 Å². The molecular formula is C10H12N6O3. The predicted molar refractivity (Wildman–Crippen MR) is 63.1 cm³/mol. The van der Waals surface area contributed by atoms with Crippen LogP contribution >= 0.6 is 0 Å². The molecule has 2 N–H and O–H groups in total. The molecule has 2 rings (SSSR count). The van der Waals surface area contributed by atoms with Crippen molar-refractivity contribution in [3.8, 4) is 11.5 Å². The highest BCUT2D eigenvalue weighted by molar-refractivity contribution is 5.66. The highest BCUT2D eigenvalue weighted by atomic mass is 16.4. The summed E-state index contributed by atoms with van der Waals surface area (Å²) >= 11 is 0. The Morgan fingerprint density at radius 1 is 1.53 bits per heavy atom. The number of nitrogens with zero attached hydrogens (tertiary/aromatic N) is 5. The Hall–Kier alpha value is -2.58. The Morgan fingerprint density at radius 2 is 2.32 bits per heavy atom. The number of nitrogens with one attached hydrogen (secondary N) is 1. The number of hydrogen-bond donors (Lipinski definition) is 2. The zero-order valence-electron chi connectivity index (χ0n) is 10.1. The second kappa shape index (κ2) is 5.38. The first kappa shape index (κ1) is 12.9. The SMILES string of the molecule is CC(CC(=O)O)Cn1nnnc1-c1ccc(=O)[nH]n1. The van der Waals surface area contributed by atoms with Crippen molar-refractivity contribution in [2.24, 2.45) is 5.92 Å². The summed E-state index contributed by atoms with van der Waals surface area (Å²) in [7, 11) is 0. The maximum Gasteiger partial charge on any atom is 0.303 e. The standard InChI is InChI=1S/C10H12N6O3/c1-6(4-9(18)19)5-16-10(13-14-15-16)7-2-3-8(17)12-11-7/h2-3,6H,4-5H2,1H3,(H,12,17)(H,18,19). The molecule has 0 saturated heterocycles. The van der Waals surface area contributed by atoms with Crippen LogP contribution in [-0.2, 0) is 11.3 Å². The largest absolute Gasteiger partial charge is 0.481 e. The van der Waals surface area contributed by atoms with E-state index in [2.05, 4.69) is 25.7 Å². The lowest BCUT2D eigenvalue weighted by Crippen LogP contribution is -2.15. The fraction of sp³-hybridized carbons (Fsp3) is 0.400. The normalized spacial score (nSPS) is 12.3. The number of hydrogen-bond acceptors (Lipinski definition) is 6. The molecule has 0 spiro atoms. The van der Waals surface area contributed by atoms with Crippen molar-refractivity contribution in [3.05, 3.63) is 22.5 Å². The molecule has 1 unspecified atom stereocenters. The predicted octanol–water partition coefficient (Wildman–Crippen LogP) is -0.466. The minimum absolute atomic E-state index is 0.0261. The van der Waals surface area contributed by atoms with Gasteiger partial charge in [-0.1, -0.05) is 6.92 Å². The number of aromatic nitrogens is 6. The van der Waals surface area contributed by atoms with E-state index in [1.54, 1.807) is 6.92 Å². The Labute approximate surface area is 107 Å². The van der Waals surface area contributed by atoms with Gasteiger partial charge in [0, 0.05) is 19.0 Å². The quantitative estimate of drug-likeness (QED) is 0.747. The van der Waals surface area contributed by atoms with Crippen LogP contribution in [0.15, 0.2) is 16.9 Å². The van der Waals surface area contributed by atoms with Gasteiger partial charge in [0.15, 0.2) is 0 Å². The molecule has 0 aliphatic heterocycles. The van der Waals surface area contributed by atoms with Crippen molar-refractivity contribution in [3.63, 3.8) is 0 Å².